The van der Waals surface area contributed by atoms with Gasteiger partial charge in [-0.25, -0.2) is 4.98 Å². The maximum absolute atomic E-state index is 19.6. The van der Waals surface area contributed by atoms with Crippen LogP contribution >= 0.6 is 0 Å². The van der Waals surface area contributed by atoms with Crippen molar-refractivity contribution in [2.75, 3.05) is 26.2 Å². The first-order valence-electron chi connectivity index (χ1n) is 44.0. The molecule has 28 aromatic carbocycles. The lowest BCUT2D eigenvalue weighted by Gasteiger charge is -2.33. The summed E-state index contributed by atoms with van der Waals surface area (Å²) in [5, 5.41) is 84.9. The molecule has 528 valence electrons. The number of amides is 3. The molecule has 0 bridgehead atoms. The summed E-state index contributed by atoms with van der Waals surface area (Å²) < 4.78 is 2.07. The van der Waals surface area contributed by atoms with Gasteiger partial charge in [0, 0.05) is 51.5 Å². The van der Waals surface area contributed by atoms with Gasteiger partial charge < -0.3 is 19.7 Å². The van der Waals surface area contributed by atoms with Crippen LogP contribution in [0.5, 0.6) is 0 Å². The highest BCUT2D eigenvalue weighted by Crippen LogP contribution is 2.96. The van der Waals surface area contributed by atoms with Crippen LogP contribution in [-0.4, -0.2) is 69.3 Å². The molecule has 1 atom stereocenters. The molecular formula is C102H77N5O3. The molecule has 110 heavy (non-hydrogen) atoms. The molecule has 0 aliphatic heterocycles. The fraction of sp³-hybridized carbons (Fsp3) is 0.373. The number of nitrogens with zero attached hydrogens (tertiary/aromatic N) is 4. The van der Waals surface area contributed by atoms with Crippen molar-refractivity contribution in [2.45, 2.75) is 205 Å². The van der Waals surface area contributed by atoms with Crippen LogP contribution < -0.4 is 5.32 Å². The number of carbonyl (C=O) groups excluding carboxylic acids is 3. The molecule has 1 N–H and O–H groups in total. The number of carbonyl (C=O) groups is 3. The van der Waals surface area contributed by atoms with Crippen LogP contribution in [0.25, 0.3) is 291 Å². The fourth-order valence-corrected chi connectivity index (χ4v) is 32.0. The molecule has 0 unspecified atom stereocenters. The molecule has 1 fully saturated rings. The van der Waals surface area contributed by atoms with Crippen molar-refractivity contribution in [1.82, 2.24) is 24.7 Å². The minimum Gasteiger partial charge on any atom is -0.343 e. The van der Waals surface area contributed by atoms with E-state index in [0.717, 1.165) is 82.7 Å². The minimum absolute atomic E-state index is 0.00377. The smallest absolute Gasteiger partial charge is 0.245 e. The van der Waals surface area contributed by atoms with E-state index in [1.165, 1.54) is 293 Å². The maximum atomic E-state index is 19.6. The quantitative estimate of drug-likeness (QED) is 0.0247. The predicted molar refractivity (Wildman–Crippen MR) is 462 cm³/mol. The van der Waals surface area contributed by atoms with Crippen LogP contribution in [0.1, 0.15) is 210 Å². The van der Waals surface area contributed by atoms with Gasteiger partial charge in [-0.05, 0) is 339 Å². The van der Waals surface area contributed by atoms with Gasteiger partial charge in [0.2, 0.25) is 17.7 Å². The normalized spacial score (nSPS) is 20.0. The summed E-state index contributed by atoms with van der Waals surface area (Å²) in [6.07, 6.45) is 31.0. The van der Waals surface area contributed by atoms with E-state index >= 15 is 14.4 Å². The number of benzene rings is 18. The first-order chi connectivity index (χ1) is 54.4. The number of rotatable bonds is 34. The van der Waals surface area contributed by atoms with Crippen LogP contribution in [0.3, 0.4) is 0 Å². The van der Waals surface area contributed by atoms with Gasteiger partial charge in [-0.3, -0.25) is 14.4 Å². The molecule has 5 aliphatic rings. The average molecular weight is 1420 g/mol. The van der Waals surface area contributed by atoms with Gasteiger partial charge in [-0.15, -0.1) is 0 Å². The topological polar surface area (TPSA) is 87.5 Å². The molecule has 0 radical (unpaired) electrons. The van der Waals surface area contributed by atoms with Crippen molar-refractivity contribution in [1.29, 1.82) is 0 Å². The van der Waals surface area contributed by atoms with Crippen molar-refractivity contribution in [3.63, 3.8) is 0 Å². The van der Waals surface area contributed by atoms with Gasteiger partial charge in [0.25, 0.3) is 0 Å². The van der Waals surface area contributed by atoms with Crippen LogP contribution in [-0.2, 0) is 38.7 Å². The molecule has 0 saturated heterocycles. The van der Waals surface area contributed by atoms with Crippen molar-refractivity contribution in [2.24, 2.45) is 12.5 Å². The van der Waals surface area contributed by atoms with Gasteiger partial charge in [0.05, 0.1) is 17.2 Å². The van der Waals surface area contributed by atoms with Crippen molar-refractivity contribution >= 4 is 309 Å². The monoisotopic (exact) mass is 1420 g/mol. The number of aromatic nitrogens is 2. The third kappa shape index (κ3) is 4.50. The summed E-state index contributed by atoms with van der Waals surface area (Å²) in [5.74, 6) is -0.168. The van der Waals surface area contributed by atoms with Gasteiger partial charge in [-0.1, -0.05) is 156 Å². The third-order valence-corrected chi connectivity index (χ3v) is 34.7. The summed E-state index contributed by atoms with van der Waals surface area (Å²) in [7, 11) is 2.06. The number of nitrogens with one attached hydrogen (secondary N) is 1. The Labute approximate surface area is 627 Å². The van der Waals surface area contributed by atoms with E-state index < -0.39 is 22.3 Å². The van der Waals surface area contributed by atoms with Crippen LogP contribution in [0.2, 0.25) is 0 Å². The lowest BCUT2D eigenvalue weighted by molar-refractivity contribution is -0.148. The zero-order chi connectivity index (χ0) is 70.9. The molecule has 29 aromatic rings. The highest BCUT2D eigenvalue weighted by atomic mass is 16.2. The van der Waals surface area contributed by atoms with Crippen LogP contribution in [0.15, 0.2) is 12.5 Å². The van der Waals surface area contributed by atoms with E-state index in [-0.39, 0.29) is 24.1 Å². The summed E-state index contributed by atoms with van der Waals surface area (Å²) in [6.45, 7) is 11.7. The molecule has 8 nitrogen and oxygen atoms in total. The molecule has 1 saturated carbocycles. The van der Waals surface area contributed by atoms with Crippen molar-refractivity contribution in [3.05, 3.63) is 40.5 Å². The number of hydrogen-bond acceptors (Lipinski definition) is 4. The Morgan fingerprint density at radius 2 is 0.518 bits per heavy atom. The summed E-state index contributed by atoms with van der Waals surface area (Å²) in [6, 6.07) is -0.955. The molecule has 1 aromatic heterocycles. The van der Waals surface area contributed by atoms with Gasteiger partial charge in [-0.2, -0.15) is 0 Å². The lowest BCUT2D eigenvalue weighted by Crippen LogP contribution is -2.57. The fourth-order valence-electron chi connectivity index (χ4n) is 32.0. The van der Waals surface area contributed by atoms with E-state index in [1.54, 1.807) is 97.0 Å². The summed E-state index contributed by atoms with van der Waals surface area (Å²) in [5.41, 5.74) is 2.17. The van der Waals surface area contributed by atoms with Crippen LogP contribution in [0, 0.1) is 5.41 Å². The summed E-state index contributed by atoms with van der Waals surface area (Å²) >= 11 is 0. The lowest BCUT2D eigenvalue weighted by atomic mass is 9.68. The highest BCUT2D eigenvalue weighted by Gasteiger charge is 3.00. The first-order valence-corrected chi connectivity index (χ1v) is 44.0. The molecule has 34 rings (SSSR count). The highest BCUT2D eigenvalue weighted by molar-refractivity contribution is 6.82. The predicted octanol–water partition coefficient (Wildman–Crippen LogP) is 25.9. The molecule has 2 spiro atoms. The number of unbranched alkanes of at least 4 members (excludes halogenated alkanes) is 20. The molecular weight excluding hydrogens is 1340 g/mol. The zero-order valence-electron chi connectivity index (χ0n) is 63.3. The Bertz CT molecular complexity index is 7960. The van der Waals surface area contributed by atoms with Gasteiger partial charge in [0.1, 0.15) is 6.04 Å². The Morgan fingerprint density at radius 3 is 0.736 bits per heavy atom. The molecule has 5 aliphatic carbocycles. The molecule has 3 amide bonds. The minimum atomic E-state index is -1.75. The largest absolute Gasteiger partial charge is 0.343 e. The molecule has 8 heteroatoms. The van der Waals surface area contributed by atoms with E-state index in [0.29, 0.717) is 26.2 Å². The molecule has 1 heterocycles. The Kier molecular flexibility index (Phi) is 8.54. The second kappa shape index (κ2) is 16.7. The van der Waals surface area contributed by atoms with E-state index in [1.807, 2.05) is 12.5 Å². The van der Waals surface area contributed by atoms with E-state index in [9.17, 15) is 0 Å². The van der Waals surface area contributed by atoms with Crippen LogP contribution in [0.4, 0.5) is 0 Å². The maximum Gasteiger partial charge on any atom is 0.245 e. The Morgan fingerprint density at radius 1 is 0.309 bits per heavy atom. The van der Waals surface area contributed by atoms with Gasteiger partial charge >= 0.3 is 0 Å². The number of aryl methyl sites for hydroxylation is 1. The third-order valence-electron chi connectivity index (χ3n) is 34.7. The average Bonchev–Trinajstić information content (AvgIpc) is 1.35. The Balaban J connectivity index is 0.756. The van der Waals surface area contributed by atoms with E-state index in [4.69, 9.17) is 4.98 Å². The SMILES string of the molecule is CCCCCCCCN(CCCCCCCC)C(=O)[C@H](Cc1cncn1C)NC(=O)C1(C(=O)N(CCCCCCCC)CCCCCCCC)C23c4c5c6c7c8c9c(c%10c%11c2c2c4c4c%12c5c5c6c6c8c8c%13c9c9c%10c%10c%11c%11c2c2c4c4c%12c%12c5c5c6c8c6c8c%13c9c9c%10c%10c%11c2c2c4c4c%12c5c6c5c8c9c%10c2c45)C713. The summed E-state index contributed by atoms with van der Waals surface area (Å²) in [4.78, 5) is 65.6. The van der Waals surface area contributed by atoms with Crippen molar-refractivity contribution < 1.29 is 14.4 Å². The Hall–Kier alpha value is -9.92. The number of imidazole rings is 1. The standard InChI is InChI=1S/C102H77N5O3/c1-6-10-14-18-22-26-30-106(31-27-23-19-15-11-7-2)97(108)38(34-37-35-103-36-105(37)5)104-98(109)102(99(110)107(32-28-24-20-16-12-8-3)33-29-25-21-17-13-9-4)100-93-85-77-67-57-49-41-39-40-43-47-45(41)53-61-55(47)65-59-51(43)52-44(40)48-46-42(39)50(49)58-64-54(46)62-56(48)66-60(52)70-69(59)79-73(65)83-75(61)81(71(77)63(53)57)89(93)91(83)95-87(79)88-80(70)74(66)84-76(62)82-72(64)78(68(58)67)86(85)94(100)90(82)92(84)96(88)101(95,100)102/h35-36,38H,6-34H2,1-5H3,(H,104,109)/t38-,100?,101?,102?/m0/s1. The van der Waals surface area contributed by atoms with Gasteiger partial charge in [0.15, 0.2) is 5.41 Å². The number of hydrogen-bond donors (Lipinski definition) is 1. The second-order valence-electron chi connectivity index (χ2n) is 38.4. The second-order valence-corrected chi connectivity index (χ2v) is 38.4. The zero-order valence-corrected chi connectivity index (χ0v) is 63.3. The first kappa shape index (κ1) is 56.3. The van der Waals surface area contributed by atoms with Crippen molar-refractivity contribution in [3.8, 4) is 0 Å². The van der Waals surface area contributed by atoms with E-state index in [2.05, 4.69) is 54.4 Å².